The molecule has 1 aliphatic heterocycles. The van der Waals surface area contributed by atoms with E-state index in [0.29, 0.717) is 10.7 Å². The summed E-state index contributed by atoms with van der Waals surface area (Å²) in [7, 11) is 0. The van der Waals surface area contributed by atoms with Crippen LogP contribution in [0.3, 0.4) is 0 Å². The number of carbonyl (C=O) groups is 2. The van der Waals surface area contributed by atoms with Crippen LogP contribution in [0.1, 0.15) is 20.3 Å². The van der Waals surface area contributed by atoms with Gasteiger partial charge in [-0.1, -0.05) is 31.9 Å². The minimum Gasteiger partial charge on any atom is -0.342 e. The fourth-order valence-electron chi connectivity index (χ4n) is 2.13. The zero-order valence-electron chi connectivity index (χ0n) is 11.0. The lowest BCUT2D eigenvalue weighted by Crippen LogP contribution is -2.60. The molecule has 2 unspecified atom stereocenters. The molecule has 5 heteroatoms. The first-order valence-electron chi connectivity index (χ1n) is 6.39. The van der Waals surface area contributed by atoms with Gasteiger partial charge in [0, 0.05) is 10.7 Å². The van der Waals surface area contributed by atoms with Crippen molar-refractivity contribution in [2.45, 2.75) is 26.3 Å². The molecule has 2 atom stereocenters. The normalized spacial score (nSPS) is 21.2. The molecule has 1 aromatic rings. The molecular formula is C14H17ClN2O2. The van der Waals surface area contributed by atoms with Crippen molar-refractivity contribution in [2.75, 3.05) is 11.4 Å². The molecule has 0 aromatic heterocycles. The largest absolute Gasteiger partial charge is 0.342 e. The topological polar surface area (TPSA) is 49.4 Å². The maximum Gasteiger partial charge on any atom is 0.250 e. The highest BCUT2D eigenvalue weighted by molar-refractivity contribution is 6.30. The second kappa shape index (κ2) is 5.61. The minimum atomic E-state index is -0.443. The Morgan fingerprint density at radius 2 is 2.00 bits per heavy atom. The molecule has 1 N–H and O–H groups in total. The molecule has 1 saturated heterocycles. The van der Waals surface area contributed by atoms with Crippen LogP contribution in [0.5, 0.6) is 0 Å². The Balaban J connectivity index is 2.27. The van der Waals surface area contributed by atoms with Gasteiger partial charge in [0.25, 0.3) is 0 Å². The summed E-state index contributed by atoms with van der Waals surface area (Å²) in [5, 5.41) is 3.38. The van der Waals surface area contributed by atoms with E-state index in [1.807, 2.05) is 13.8 Å². The van der Waals surface area contributed by atoms with Crippen LogP contribution in [-0.4, -0.2) is 24.4 Å². The van der Waals surface area contributed by atoms with Crippen LogP contribution in [0.25, 0.3) is 0 Å². The molecule has 0 aliphatic carbocycles. The lowest BCUT2D eigenvalue weighted by atomic mass is 9.96. The summed E-state index contributed by atoms with van der Waals surface area (Å²) in [6, 6.07) is 6.50. The van der Waals surface area contributed by atoms with Gasteiger partial charge in [0.15, 0.2) is 0 Å². The Morgan fingerprint density at radius 3 is 2.58 bits per heavy atom. The molecule has 0 saturated carbocycles. The van der Waals surface area contributed by atoms with Gasteiger partial charge in [-0.25, -0.2) is 0 Å². The summed E-state index contributed by atoms with van der Waals surface area (Å²) in [6.45, 7) is 4.03. The molecule has 1 aromatic carbocycles. The highest BCUT2D eigenvalue weighted by atomic mass is 35.5. The molecule has 1 aliphatic rings. The van der Waals surface area contributed by atoms with Gasteiger partial charge >= 0.3 is 0 Å². The van der Waals surface area contributed by atoms with E-state index in [9.17, 15) is 9.59 Å². The Bertz CT molecular complexity index is 487. The third-order valence-electron chi connectivity index (χ3n) is 3.50. The minimum absolute atomic E-state index is 0.0590. The summed E-state index contributed by atoms with van der Waals surface area (Å²) in [4.78, 5) is 25.7. The van der Waals surface area contributed by atoms with Crippen LogP contribution < -0.4 is 10.2 Å². The second-order valence-electron chi connectivity index (χ2n) is 4.83. The summed E-state index contributed by atoms with van der Waals surface area (Å²) in [6.07, 6.45) is 0.838. The first-order chi connectivity index (χ1) is 9.02. The number of hydrogen-bond acceptors (Lipinski definition) is 2. The summed E-state index contributed by atoms with van der Waals surface area (Å²) in [5.74, 6) is -0.0670. The van der Waals surface area contributed by atoms with Crippen molar-refractivity contribution in [2.24, 2.45) is 5.92 Å². The molecule has 19 heavy (non-hydrogen) atoms. The van der Waals surface area contributed by atoms with Gasteiger partial charge in [-0.3, -0.25) is 9.59 Å². The van der Waals surface area contributed by atoms with Gasteiger partial charge in [-0.05, 0) is 30.2 Å². The van der Waals surface area contributed by atoms with Crippen molar-refractivity contribution in [3.8, 4) is 0 Å². The number of nitrogens with one attached hydrogen (secondary N) is 1. The van der Waals surface area contributed by atoms with Crippen LogP contribution in [0, 0.1) is 5.92 Å². The van der Waals surface area contributed by atoms with Crippen molar-refractivity contribution < 1.29 is 9.59 Å². The lowest BCUT2D eigenvalue weighted by molar-refractivity contribution is -0.132. The third kappa shape index (κ3) is 2.89. The summed E-state index contributed by atoms with van der Waals surface area (Å²) < 4.78 is 0. The molecule has 102 valence electrons. The molecular weight excluding hydrogens is 264 g/mol. The van der Waals surface area contributed by atoms with Gasteiger partial charge in [0.1, 0.15) is 12.6 Å². The SMILES string of the molecule is CCC(C)C1NC(=O)CN(c2ccc(Cl)cc2)C1=O. The van der Waals surface area contributed by atoms with Crippen molar-refractivity contribution in [1.29, 1.82) is 0 Å². The standard InChI is InChI=1S/C14H17ClN2O2/c1-3-9(2)13-14(19)17(8-12(18)16-13)11-6-4-10(15)5-7-11/h4-7,9,13H,3,8H2,1-2H3,(H,16,18). The van der Waals surface area contributed by atoms with Crippen LogP contribution in [0.2, 0.25) is 5.02 Å². The van der Waals surface area contributed by atoms with Crippen molar-refractivity contribution in [3.05, 3.63) is 29.3 Å². The predicted molar refractivity (Wildman–Crippen MR) is 75.2 cm³/mol. The maximum atomic E-state index is 12.4. The molecule has 4 nitrogen and oxygen atoms in total. The quantitative estimate of drug-likeness (QED) is 0.923. The first kappa shape index (κ1) is 13.9. The highest BCUT2D eigenvalue weighted by Crippen LogP contribution is 2.22. The van der Waals surface area contributed by atoms with E-state index in [-0.39, 0.29) is 24.3 Å². The Hall–Kier alpha value is -1.55. The van der Waals surface area contributed by atoms with Gasteiger partial charge in [0.2, 0.25) is 11.8 Å². The number of benzene rings is 1. The van der Waals surface area contributed by atoms with Gasteiger partial charge in [0.05, 0.1) is 0 Å². The van der Waals surface area contributed by atoms with Crippen LogP contribution >= 0.6 is 11.6 Å². The smallest absolute Gasteiger partial charge is 0.250 e. The van der Waals surface area contributed by atoms with E-state index >= 15 is 0 Å². The van der Waals surface area contributed by atoms with Crippen molar-refractivity contribution in [1.82, 2.24) is 5.32 Å². The average molecular weight is 281 g/mol. The van der Waals surface area contributed by atoms with Crippen molar-refractivity contribution >= 4 is 29.1 Å². The van der Waals surface area contributed by atoms with Crippen LogP contribution in [-0.2, 0) is 9.59 Å². The van der Waals surface area contributed by atoms with Gasteiger partial charge in [-0.15, -0.1) is 0 Å². The van der Waals surface area contributed by atoms with E-state index in [0.717, 1.165) is 6.42 Å². The molecule has 0 bridgehead atoms. The number of amides is 2. The summed E-state index contributed by atoms with van der Waals surface area (Å²) >= 11 is 5.83. The first-order valence-corrected chi connectivity index (χ1v) is 6.77. The second-order valence-corrected chi connectivity index (χ2v) is 5.27. The Labute approximate surface area is 117 Å². The fourth-order valence-corrected chi connectivity index (χ4v) is 2.26. The number of rotatable bonds is 3. The van der Waals surface area contributed by atoms with E-state index < -0.39 is 6.04 Å². The van der Waals surface area contributed by atoms with Gasteiger partial charge in [-0.2, -0.15) is 0 Å². The number of nitrogens with zero attached hydrogens (tertiary/aromatic N) is 1. The zero-order valence-corrected chi connectivity index (χ0v) is 11.8. The van der Waals surface area contributed by atoms with E-state index in [4.69, 9.17) is 11.6 Å². The Kier molecular flexibility index (Phi) is 4.10. The van der Waals surface area contributed by atoms with Crippen LogP contribution in [0.15, 0.2) is 24.3 Å². The molecule has 1 heterocycles. The molecule has 0 spiro atoms. The monoisotopic (exact) mass is 280 g/mol. The lowest BCUT2D eigenvalue weighted by Gasteiger charge is -2.35. The predicted octanol–water partition coefficient (Wildman–Crippen LogP) is 2.22. The van der Waals surface area contributed by atoms with E-state index in [2.05, 4.69) is 5.32 Å². The molecule has 0 radical (unpaired) electrons. The van der Waals surface area contributed by atoms with Crippen molar-refractivity contribution in [3.63, 3.8) is 0 Å². The number of halogens is 1. The molecule has 2 amide bonds. The number of anilines is 1. The average Bonchev–Trinajstić information content (AvgIpc) is 2.41. The Morgan fingerprint density at radius 1 is 1.37 bits per heavy atom. The van der Waals surface area contributed by atoms with Gasteiger partial charge < -0.3 is 10.2 Å². The highest BCUT2D eigenvalue weighted by Gasteiger charge is 2.36. The van der Waals surface area contributed by atoms with E-state index in [1.54, 1.807) is 24.3 Å². The van der Waals surface area contributed by atoms with E-state index in [1.165, 1.54) is 4.90 Å². The number of piperazine rings is 1. The van der Waals surface area contributed by atoms with Crippen LogP contribution in [0.4, 0.5) is 5.69 Å². The number of hydrogen-bond donors (Lipinski definition) is 1. The molecule has 2 rings (SSSR count). The maximum absolute atomic E-state index is 12.4. The zero-order chi connectivity index (χ0) is 14.0. The number of carbonyl (C=O) groups excluding carboxylic acids is 2. The summed E-state index contributed by atoms with van der Waals surface area (Å²) in [5.41, 5.74) is 0.706. The third-order valence-corrected chi connectivity index (χ3v) is 3.75. The fraction of sp³-hybridized carbons (Fsp3) is 0.429. The molecule has 1 fully saturated rings.